The smallest absolute Gasteiger partial charge is 0.253 e. The maximum absolute atomic E-state index is 17.9. The van der Waals surface area contributed by atoms with Crippen LogP contribution in [0.3, 0.4) is 0 Å². The van der Waals surface area contributed by atoms with Gasteiger partial charge in [-0.2, -0.15) is 0 Å². The van der Waals surface area contributed by atoms with Gasteiger partial charge >= 0.3 is 0 Å². The number of aliphatic hydroxyl groups is 2. The summed E-state index contributed by atoms with van der Waals surface area (Å²) in [4.78, 5) is 90.5. The summed E-state index contributed by atoms with van der Waals surface area (Å²) in [6, 6.07) is 12.2. The van der Waals surface area contributed by atoms with E-state index in [0.717, 1.165) is 26.8 Å². The molecule has 2 aliphatic heterocycles. The van der Waals surface area contributed by atoms with E-state index in [-0.39, 0.29) is 38.0 Å². The molecule has 2 aromatic rings. The van der Waals surface area contributed by atoms with E-state index in [1.807, 2.05) is 18.2 Å². The lowest BCUT2D eigenvalue weighted by Gasteiger charge is -2.63. The van der Waals surface area contributed by atoms with E-state index < -0.39 is 119 Å². The van der Waals surface area contributed by atoms with E-state index in [2.05, 4.69) is 16.0 Å². The summed E-state index contributed by atoms with van der Waals surface area (Å²) in [5, 5.41) is 30.1. The van der Waals surface area contributed by atoms with Gasteiger partial charge in [-0.1, -0.05) is 43.0 Å². The Labute approximate surface area is 383 Å². The highest BCUT2D eigenvalue weighted by Gasteiger charge is 2.80. The summed E-state index contributed by atoms with van der Waals surface area (Å²) in [6.45, 7) is 4.45. The monoisotopic (exact) mass is 930 g/mol. The van der Waals surface area contributed by atoms with Crippen LogP contribution in [0.4, 0.5) is 14.5 Å². The highest BCUT2D eigenvalue weighted by molar-refractivity contribution is 7.99. The van der Waals surface area contributed by atoms with Crippen molar-refractivity contribution in [1.29, 1.82) is 0 Å². The predicted molar refractivity (Wildman–Crippen MR) is 233 cm³/mol. The van der Waals surface area contributed by atoms with Crippen molar-refractivity contribution < 1.29 is 62.0 Å². The SMILES string of the molecule is C[C@H](NC(=O)CCN1C(=O)C=CC1=O)C(=O)N[C@@H](C)C(=O)Nc1cccc(Sc2ccc([C@@H]3O[C@@H]4CC5[C@@H]6C[C@H](CF)C7=CC(=O)C=C[C@]7(C)[C@@]6(F)[C@@H](O)C[C@]5(C)[C@]4(C(=O)CO)O3)cc2)c1. The van der Waals surface area contributed by atoms with Crippen molar-refractivity contribution in [3.05, 3.63) is 90.0 Å². The van der Waals surface area contributed by atoms with Gasteiger partial charge in [-0.3, -0.25) is 42.9 Å². The average molecular weight is 931 g/mol. The zero-order chi connectivity index (χ0) is 47.5. The fourth-order valence-electron chi connectivity index (χ4n) is 11.4. The van der Waals surface area contributed by atoms with Crippen molar-refractivity contribution >= 4 is 58.6 Å². The number of carbonyl (C=O) groups is 7. The number of hydrogen-bond donors (Lipinski definition) is 5. The first kappa shape index (κ1) is 47.1. The number of fused-ring (bicyclic) bond motifs is 7. The first-order chi connectivity index (χ1) is 31.3. The van der Waals surface area contributed by atoms with Crippen LogP contribution in [0, 0.1) is 28.6 Å². The number of aliphatic hydroxyl groups excluding tert-OH is 2. The molecule has 350 valence electrons. The van der Waals surface area contributed by atoms with Crippen molar-refractivity contribution in [2.24, 2.45) is 28.6 Å². The number of amides is 5. The number of ketones is 2. The van der Waals surface area contributed by atoms with E-state index in [1.165, 1.54) is 43.8 Å². The molecule has 5 N–H and O–H groups in total. The number of imide groups is 1. The Kier molecular flexibility index (Phi) is 12.6. The molecule has 4 fully saturated rings. The number of Topliss-reactive ketones (excluding diaryl/α,β-unsaturated/α-hetero) is 1. The largest absolute Gasteiger partial charge is 0.390 e. The summed E-state index contributed by atoms with van der Waals surface area (Å²) < 4.78 is 45.8. The summed E-state index contributed by atoms with van der Waals surface area (Å²) in [6.07, 6.45) is 2.42. The van der Waals surface area contributed by atoms with Crippen LogP contribution in [0.5, 0.6) is 0 Å². The molecule has 4 aliphatic carbocycles. The topological polar surface area (TPSA) is 218 Å². The quantitative estimate of drug-likeness (QED) is 0.170. The lowest BCUT2D eigenvalue weighted by Crippen LogP contribution is -2.70. The summed E-state index contributed by atoms with van der Waals surface area (Å²) in [7, 11) is 0. The second-order valence-electron chi connectivity index (χ2n) is 18.5. The molecule has 0 bridgehead atoms. The van der Waals surface area contributed by atoms with E-state index in [0.29, 0.717) is 16.8 Å². The van der Waals surface area contributed by atoms with E-state index in [9.17, 15) is 48.2 Å². The molecular weight excluding hydrogens is 879 g/mol. The van der Waals surface area contributed by atoms with Crippen molar-refractivity contribution in [3.63, 3.8) is 0 Å². The Hall–Kier alpha value is -5.40. The Morgan fingerprint density at radius 2 is 1.62 bits per heavy atom. The second kappa shape index (κ2) is 17.7. The van der Waals surface area contributed by atoms with Crippen LogP contribution < -0.4 is 16.0 Å². The molecule has 3 saturated carbocycles. The number of allylic oxidation sites excluding steroid dienone is 4. The van der Waals surface area contributed by atoms with Gasteiger partial charge < -0.3 is 35.6 Å². The van der Waals surface area contributed by atoms with Gasteiger partial charge in [0.15, 0.2) is 29.1 Å². The van der Waals surface area contributed by atoms with Gasteiger partial charge in [0.1, 0.15) is 18.7 Å². The van der Waals surface area contributed by atoms with Gasteiger partial charge in [-0.25, -0.2) is 4.39 Å². The van der Waals surface area contributed by atoms with Crippen LogP contribution in [0.15, 0.2) is 94.3 Å². The number of halogens is 2. The minimum Gasteiger partial charge on any atom is -0.390 e. The average Bonchev–Trinajstić information content (AvgIpc) is 3.91. The Bertz CT molecular complexity index is 2450. The molecule has 1 unspecified atom stereocenters. The second-order valence-corrected chi connectivity index (χ2v) is 19.6. The summed E-state index contributed by atoms with van der Waals surface area (Å²) >= 11 is 1.39. The van der Waals surface area contributed by atoms with Crippen LogP contribution >= 0.6 is 11.8 Å². The molecule has 66 heavy (non-hydrogen) atoms. The minimum absolute atomic E-state index is 0.0107. The fraction of sp³-hybridized carbons (Fsp3) is 0.479. The normalized spacial score (nSPS) is 33.8. The summed E-state index contributed by atoms with van der Waals surface area (Å²) in [5.74, 6) is -6.03. The Balaban J connectivity index is 0.893. The number of rotatable bonds is 14. The van der Waals surface area contributed by atoms with Gasteiger partial charge in [0.05, 0.1) is 18.9 Å². The minimum atomic E-state index is -2.29. The van der Waals surface area contributed by atoms with E-state index in [4.69, 9.17) is 9.47 Å². The summed E-state index contributed by atoms with van der Waals surface area (Å²) in [5.41, 5.74) is -5.36. The first-order valence-electron chi connectivity index (χ1n) is 22.0. The van der Waals surface area contributed by atoms with Gasteiger partial charge in [0.25, 0.3) is 11.8 Å². The van der Waals surface area contributed by atoms with Gasteiger partial charge in [0, 0.05) is 68.8 Å². The van der Waals surface area contributed by atoms with E-state index >= 15 is 4.39 Å². The zero-order valence-electron chi connectivity index (χ0n) is 36.8. The Morgan fingerprint density at radius 3 is 2.30 bits per heavy atom. The predicted octanol–water partition coefficient (Wildman–Crippen LogP) is 3.99. The molecule has 18 heteroatoms. The van der Waals surface area contributed by atoms with Crippen LogP contribution in [-0.2, 0) is 43.0 Å². The van der Waals surface area contributed by atoms with Crippen LogP contribution in [-0.4, -0.2) is 112 Å². The number of anilines is 1. The lowest BCUT2D eigenvalue weighted by molar-refractivity contribution is -0.235. The number of ether oxygens (including phenoxy) is 2. The van der Waals surface area contributed by atoms with Crippen molar-refractivity contribution in [2.45, 2.75) is 105 Å². The zero-order valence-corrected chi connectivity index (χ0v) is 37.6. The molecule has 2 aromatic carbocycles. The lowest BCUT2D eigenvalue weighted by atomic mass is 9.43. The molecule has 15 nitrogen and oxygen atoms in total. The molecule has 1 saturated heterocycles. The van der Waals surface area contributed by atoms with Crippen LogP contribution in [0.2, 0.25) is 0 Å². The molecular formula is C48H52F2N4O11S. The maximum atomic E-state index is 17.9. The third kappa shape index (κ3) is 7.73. The number of benzene rings is 2. The maximum Gasteiger partial charge on any atom is 0.253 e. The molecule has 8 rings (SSSR count). The number of nitrogens with zero attached hydrogens (tertiary/aromatic N) is 1. The van der Waals surface area contributed by atoms with Crippen LogP contribution in [0.1, 0.15) is 65.2 Å². The Morgan fingerprint density at radius 1 is 0.924 bits per heavy atom. The number of alkyl halides is 2. The molecule has 2 heterocycles. The van der Waals surface area contributed by atoms with Gasteiger partial charge in [-0.05, 0) is 94.0 Å². The van der Waals surface area contributed by atoms with Crippen molar-refractivity contribution in [3.8, 4) is 0 Å². The molecule has 0 aromatic heterocycles. The molecule has 0 spiro atoms. The van der Waals surface area contributed by atoms with Gasteiger partial charge in [0.2, 0.25) is 17.7 Å². The fourth-order valence-corrected chi connectivity index (χ4v) is 12.3. The number of carbonyl (C=O) groups excluding carboxylic acids is 7. The third-order valence-electron chi connectivity index (χ3n) is 14.8. The molecule has 12 atom stereocenters. The third-order valence-corrected chi connectivity index (χ3v) is 15.8. The van der Waals surface area contributed by atoms with Gasteiger partial charge in [-0.15, -0.1) is 0 Å². The molecule has 0 radical (unpaired) electrons. The van der Waals surface area contributed by atoms with Crippen LogP contribution in [0.25, 0.3) is 0 Å². The number of nitrogens with one attached hydrogen (secondary N) is 3. The van der Waals surface area contributed by atoms with E-state index in [1.54, 1.807) is 44.2 Å². The number of hydrogen-bond acceptors (Lipinski definition) is 12. The molecule has 5 amide bonds. The highest BCUT2D eigenvalue weighted by atomic mass is 32.2. The highest BCUT2D eigenvalue weighted by Crippen LogP contribution is 2.73. The van der Waals surface area contributed by atoms with Crippen molar-refractivity contribution in [2.75, 3.05) is 25.1 Å². The van der Waals surface area contributed by atoms with Crippen molar-refractivity contribution in [1.82, 2.24) is 15.5 Å². The standard InChI is InChI=1S/C48H52F2N4O11S/c1-25(51-39(59)15-17-54-40(60)12-13-41(54)61)42(62)52-26(2)43(63)53-29-6-5-7-32(19-29)66-31-10-8-27(9-11-31)44-64-38-21-34-35-18-28(23-49)33-20-30(56)14-16-45(33,3)47(35,50)36(57)22-46(34,4)48(38,65-44)37(58)24-55/h5-14,16,19-20,25-26,28,34-36,38,44,55,57H,15,17-18,21-24H2,1-4H3,(H,51,59)(H,52,62)(H,53,63)/t25-,26-,28+,34?,35-,36-,38+,44+,45-,46-,47-,48+/m0/s1. The first-order valence-corrected chi connectivity index (χ1v) is 22.8. The molecule has 6 aliphatic rings.